The van der Waals surface area contributed by atoms with Crippen molar-refractivity contribution in [2.45, 2.75) is 53.1 Å². The third-order valence-electron chi connectivity index (χ3n) is 2.38. The first-order valence-electron chi connectivity index (χ1n) is 6.24. The Bertz CT molecular complexity index is 312. The molecular weight excluding hydrogens is 232 g/mol. The van der Waals surface area contributed by atoms with Crippen molar-refractivity contribution < 1.29 is 19.4 Å². The normalized spacial score (nSPS) is 15.4. The highest BCUT2D eigenvalue weighted by atomic mass is 16.6. The summed E-state index contributed by atoms with van der Waals surface area (Å²) < 4.78 is 5.25. The van der Waals surface area contributed by atoms with E-state index in [1.54, 1.807) is 19.9 Å². The second-order valence-corrected chi connectivity index (χ2v) is 5.62. The number of hydrogen-bond donors (Lipinski definition) is 1. The lowest BCUT2D eigenvalue weighted by Gasteiger charge is -2.21. The lowest BCUT2D eigenvalue weighted by Crippen LogP contribution is -2.27. The van der Waals surface area contributed by atoms with E-state index in [4.69, 9.17) is 9.84 Å². The molecule has 2 atom stereocenters. The largest absolute Gasteiger partial charge is 0.481 e. The van der Waals surface area contributed by atoms with E-state index >= 15 is 0 Å². The Balaban J connectivity index is 4.03. The Morgan fingerprint density at radius 2 is 1.56 bits per heavy atom. The molecule has 0 fully saturated rings. The molecule has 0 aromatic carbocycles. The summed E-state index contributed by atoms with van der Waals surface area (Å²) in [5.74, 6) is -1.63. The van der Waals surface area contributed by atoms with E-state index in [1.807, 2.05) is 26.8 Å². The molecule has 4 heteroatoms. The predicted molar refractivity (Wildman–Crippen MR) is 70.2 cm³/mol. The number of esters is 1. The van der Waals surface area contributed by atoms with Crippen LogP contribution in [-0.2, 0) is 14.3 Å². The Morgan fingerprint density at radius 3 is 1.94 bits per heavy atom. The molecule has 0 aliphatic rings. The van der Waals surface area contributed by atoms with Crippen LogP contribution in [0.1, 0.15) is 47.5 Å². The van der Waals surface area contributed by atoms with Crippen molar-refractivity contribution in [3.63, 3.8) is 0 Å². The number of carboxylic acids is 1. The first kappa shape index (κ1) is 16.7. The number of carbonyl (C=O) groups is 2. The summed E-state index contributed by atoms with van der Waals surface area (Å²) in [6.45, 7) is 8.97. The maximum Gasteiger partial charge on any atom is 0.309 e. The van der Waals surface area contributed by atoms with Crippen molar-refractivity contribution in [3.8, 4) is 0 Å². The van der Waals surface area contributed by atoms with Crippen molar-refractivity contribution in [2.24, 2.45) is 11.8 Å². The van der Waals surface area contributed by atoms with E-state index in [0.29, 0.717) is 12.8 Å². The van der Waals surface area contributed by atoms with Crippen LogP contribution in [0.5, 0.6) is 0 Å². The molecule has 0 amide bonds. The number of allylic oxidation sites excluding steroid dienone is 2. The van der Waals surface area contributed by atoms with Gasteiger partial charge in [-0.15, -0.1) is 0 Å². The Labute approximate surface area is 109 Å². The summed E-state index contributed by atoms with van der Waals surface area (Å²) in [4.78, 5) is 22.2. The van der Waals surface area contributed by atoms with E-state index in [2.05, 4.69) is 0 Å². The predicted octanol–water partition coefficient (Wildman–Crippen LogP) is 3.02. The van der Waals surface area contributed by atoms with Crippen LogP contribution in [-0.4, -0.2) is 22.6 Å². The van der Waals surface area contributed by atoms with Gasteiger partial charge in [0.05, 0.1) is 11.8 Å². The van der Waals surface area contributed by atoms with Gasteiger partial charge in [-0.1, -0.05) is 26.0 Å². The minimum atomic E-state index is -0.806. The Kier molecular flexibility index (Phi) is 6.66. The first-order valence-corrected chi connectivity index (χ1v) is 6.24. The maximum absolute atomic E-state index is 11.6. The molecular formula is C14H24O4. The zero-order valence-electron chi connectivity index (χ0n) is 11.9. The fraction of sp³-hybridized carbons (Fsp3) is 0.714. The second kappa shape index (κ2) is 7.19. The highest BCUT2D eigenvalue weighted by molar-refractivity contribution is 5.72. The van der Waals surface area contributed by atoms with Crippen LogP contribution < -0.4 is 0 Å². The third-order valence-corrected chi connectivity index (χ3v) is 2.38. The highest BCUT2D eigenvalue weighted by Gasteiger charge is 2.20. The van der Waals surface area contributed by atoms with Gasteiger partial charge in [0.2, 0.25) is 0 Å². The summed E-state index contributed by atoms with van der Waals surface area (Å²) >= 11 is 0. The zero-order chi connectivity index (χ0) is 14.3. The number of carboxylic acid groups (broad SMARTS) is 1. The van der Waals surface area contributed by atoms with Crippen LogP contribution >= 0.6 is 0 Å². The maximum atomic E-state index is 11.6. The third kappa shape index (κ3) is 7.87. The Hall–Kier alpha value is -1.32. The van der Waals surface area contributed by atoms with Gasteiger partial charge in [-0.05, 0) is 33.6 Å². The second-order valence-electron chi connectivity index (χ2n) is 5.62. The molecule has 2 unspecified atom stereocenters. The summed E-state index contributed by atoms with van der Waals surface area (Å²) in [5, 5.41) is 8.70. The van der Waals surface area contributed by atoms with E-state index < -0.39 is 17.5 Å². The first-order chi connectivity index (χ1) is 8.13. The van der Waals surface area contributed by atoms with Gasteiger partial charge in [0.25, 0.3) is 0 Å². The van der Waals surface area contributed by atoms with Gasteiger partial charge in [-0.3, -0.25) is 9.59 Å². The molecule has 0 aliphatic carbocycles. The molecule has 0 aromatic heterocycles. The Morgan fingerprint density at radius 1 is 1.11 bits per heavy atom. The van der Waals surface area contributed by atoms with Crippen LogP contribution in [0.25, 0.3) is 0 Å². The molecule has 0 aliphatic heterocycles. The number of rotatable bonds is 6. The molecule has 18 heavy (non-hydrogen) atoms. The van der Waals surface area contributed by atoms with Gasteiger partial charge in [0.15, 0.2) is 0 Å². The van der Waals surface area contributed by atoms with Gasteiger partial charge in [-0.2, -0.15) is 0 Å². The van der Waals surface area contributed by atoms with Gasteiger partial charge in [0, 0.05) is 0 Å². The average Bonchev–Trinajstić information content (AvgIpc) is 2.20. The van der Waals surface area contributed by atoms with E-state index in [1.165, 1.54) is 0 Å². The molecule has 0 rings (SSSR count). The minimum absolute atomic E-state index is 0.208. The van der Waals surface area contributed by atoms with Crippen molar-refractivity contribution in [1.29, 1.82) is 0 Å². The monoisotopic (exact) mass is 256 g/mol. The molecule has 1 N–H and O–H groups in total. The highest BCUT2D eigenvalue weighted by Crippen LogP contribution is 2.14. The molecule has 0 saturated carbocycles. The number of aliphatic carboxylic acids is 1. The van der Waals surface area contributed by atoms with Crippen molar-refractivity contribution >= 4 is 11.9 Å². The average molecular weight is 256 g/mol. The van der Waals surface area contributed by atoms with E-state index in [9.17, 15) is 9.59 Å². The molecule has 0 radical (unpaired) electrons. The van der Waals surface area contributed by atoms with E-state index in [-0.39, 0.29) is 11.9 Å². The number of hydrogen-bond acceptors (Lipinski definition) is 3. The van der Waals surface area contributed by atoms with Crippen LogP contribution in [0.3, 0.4) is 0 Å². The molecule has 104 valence electrons. The molecule has 0 aromatic rings. The topological polar surface area (TPSA) is 63.6 Å². The van der Waals surface area contributed by atoms with Crippen LogP contribution in [0, 0.1) is 11.8 Å². The van der Waals surface area contributed by atoms with Gasteiger partial charge < -0.3 is 9.84 Å². The summed E-state index contributed by atoms with van der Waals surface area (Å²) in [6, 6.07) is 0. The summed E-state index contributed by atoms with van der Waals surface area (Å²) in [5.41, 5.74) is -0.465. The number of ether oxygens (including phenoxy) is 1. The summed E-state index contributed by atoms with van der Waals surface area (Å²) in [7, 11) is 0. The summed E-state index contributed by atoms with van der Waals surface area (Å²) in [6.07, 6.45) is 4.70. The molecule has 0 bridgehead atoms. The van der Waals surface area contributed by atoms with Crippen LogP contribution in [0.4, 0.5) is 0 Å². The fourth-order valence-electron chi connectivity index (χ4n) is 1.20. The van der Waals surface area contributed by atoms with Gasteiger partial charge in [0.1, 0.15) is 5.60 Å². The smallest absolute Gasteiger partial charge is 0.309 e. The van der Waals surface area contributed by atoms with Crippen LogP contribution in [0.2, 0.25) is 0 Å². The van der Waals surface area contributed by atoms with Gasteiger partial charge >= 0.3 is 11.9 Å². The van der Waals surface area contributed by atoms with Crippen molar-refractivity contribution in [3.05, 3.63) is 12.2 Å². The fourth-order valence-corrected chi connectivity index (χ4v) is 1.20. The van der Waals surface area contributed by atoms with Crippen molar-refractivity contribution in [1.82, 2.24) is 0 Å². The lowest BCUT2D eigenvalue weighted by atomic mass is 10.0. The standard InChI is InChI=1S/C14H24O4/c1-10(12(15)16)8-6-7-9-11(2)13(17)18-14(3,4)5/h6-7,10-11H,8-9H2,1-5H3,(H,15,16). The molecule has 0 spiro atoms. The van der Waals surface area contributed by atoms with Gasteiger partial charge in [-0.25, -0.2) is 0 Å². The van der Waals surface area contributed by atoms with E-state index in [0.717, 1.165) is 0 Å². The number of carbonyl (C=O) groups excluding carboxylic acids is 1. The minimum Gasteiger partial charge on any atom is -0.481 e. The quantitative estimate of drug-likeness (QED) is 0.586. The molecule has 0 saturated heterocycles. The molecule has 4 nitrogen and oxygen atoms in total. The van der Waals surface area contributed by atoms with Crippen molar-refractivity contribution in [2.75, 3.05) is 0 Å². The molecule has 0 heterocycles. The zero-order valence-corrected chi connectivity index (χ0v) is 11.9. The van der Waals surface area contributed by atoms with Crippen LogP contribution in [0.15, 0.2) is 12.2 Å². The lowest BCUT2D eigenvalue weighted by molar-refractivity contribution is -0.159. The SMILES string of the molecule is CC(CC=CCC(C)C(=O)OC(C)(C)C)C(=O)O.